The van der Waals surface area contributed by atoms with Gasteiger partial charge in [-0.1, -0.05) is 19.3 Å². The quantitative estimate of drug-likeness (QED) is 0.289. The van der Waals surface area contributed by atoms with Crippen molar-refractivity contribution in [3.63, 3.8) is 0 Å². The molecule has 0 aliphatic heterocycles. The Hall–Kier alpha value is -3.49. The number of anilines is 1. The lowest BCUT2D eigenvalue weighted by molar-refractivity contribution is -0.394. The number of thiocarbonyl (C=S) groups is 1. The lowest BCUT2D eigenvalue weighted by Crippen LogP contribution is -2.36. The van der Waals surface area contributed by atoms with Crippen LogP contribution in [0.5, 0.6) is 0 Å². The minimum absolute atomic E-state index is 0.0797. The van der Waals surface area contributed by atoms with E-state index in [0.717, 1.165) is 50.3 Å². The normalized spacial score (nSPS) is 14.2. The number of carbonyl (C=O) groups is 1. The van der Waals surface area contributed by atoms with Crippen LogP contribution < -0.4 is 15.4 Å². The third-order valence-electron chi connectivity index (χ3n) is 5.16. The predicted molar refractivity (Wildman–Crippen MR) is 127 cm³/mol. The molecule has 0 spiro atoms. The summed E-state index contributed by atoms with van der Waals surface area (Å²) in [5, 5.41) is 26.8. The van der Waals surface area contributed by atoms with Gasteiger partial charge < -0.3 is 5.32 Å². The number of hydrogen-bond donors (Lipinski definition) is 3. The number of sulfonamides is 1. The van der Waals surface area contributed by atoms with E-state index in [1.807, 2.05) is 0 Å². The van der Waals surface area contributed by atoms with E-state index in [0.29, 0.717) is 5.69 Å². The van der Waals surface area contributed by atoms with Gasteiger partial charge in [0.05, 0.1) is 26.4 Å². The Bertz CT molecular complexity index is 1190. The van der Waals surface area contributed by atoms with Crippen LogP contribution in [0, 0.1) is 20.2 Å². The van der Waals surface area contributed by atoms with Crippen molar-refractivity contribution >= 4 is 50.3 Å². The zero-order valence-corrected chi connectivity index (χ0v) is 19.4. The van der Waals surface area contributed by atoms with Crippen LogP contribution in [0.15, 0.2) is 47.4 Å². The van der Waals surface area contributed by atoms with Gasteiger partial charge in [-0.05, 0) is 49.3 Å². The minimum Gasteiger partial charge on any atom is -0.332 e. The molecule has 34 heavy (non-hydrogen) atoms. The van der Waals surface area contributed by atoms with Crippen molar-refractivity contribution in [1.29, 1.82) is 0 Å². The molecule has 0 aromatic heterocycles. The Balaban J connectivity index is 1.64. The second-order valence-electron chi connectivity index (χ2n) is 7.64. The molecule has 0 atom stereocenters. The van der Waals surface area contributed by atoms with Crippen molar-refractivity contribution in [2.45, 2.75) is 43.0 Å². The van der Waals surface area contributed by atoms with Gasteiger partial charge in [0, 0.05) is 23.9 Å². The summed E-state index contributed by atoms with van der Waals surface area (Å²) in [7, 11) is -3.67. The summed E-state index contributed by atoms with van der Waals surface area (Å²) in [6.07, 6.45) is 4.69. The molecule has 1 fully saturated rings. The Morgan fingerprint density at radius 1 is 0.941 bits per heavy atom. The molecule has 12 nitrogen and oxygen atoms in total. The molecule has 1 saturated carbocycles. The van der Waals surface area contributed by atoms with Crippen LogP contribution in [-0.4, -0.2) is 35.3 Å². The van der Waals surface area contributed by atoms with Gasteiger partial charge in [-0.3, -0.25) is 30.3 Å². The second-order valence-corrected chi connectivity index (χ2v) is 9.76. The third kappa shape index (κ3) is 6.52. The summed E-state index contributed by atoms with van der Waals surface area (Å²) >= 11 is 5.05. The van der Waals surface area contributed by atoms with E-state index < -0.39 is 37.2 Å². The van der Waals surface area contributed by atoms with Gasteiger partial charge >= 0.3 is 0 Å². The minimum atomic E-state index is -3.67. The van der Waals surface area contributed by atoms with E-state index in [9.17, 15) is 33.4 Å². The van der Waals surface area contributed by atoms with Gasteiger partial charge in [0.1, 0.15) is 0 Å². The largest absolute Gasteiger partial charge is 0.332 e. The summed E-state index contributed by atoms with van der Waals surface area (Å²) in [5.41, 5.74) is -1.17. The van der Waals surface area contributed by atoms with E-state index in [1.165, 1.54) is 24.3 Å². The van der Waals surface area contributed by atoms with E-state index in [2.05, 4.69) is 15.4 Å². The van der Waals surface area contributed by atoms with Crippen molar-refractivity contribution in [3.05, 3.63) is 68.3 Å². The Kier molecular flexibility index (Phi) is 7.86. The first-order valence-corrected chi connectivity index (χ1v) is 12.1. The van der Waals surface area contributed by atoms with Crippen LogP contribution in [0.4, 0.5) is 17.1 Å². The van der Waals surface area contributed by atoms with E-state index in [1.54, 1.807) is 0 Å². The molecule has 180 valence electrons. The van der Waals surface area contributed by atoms with Crippen LogP contribution in [0.3, 0.4) is 0 Å². The number of rotatable bonds is 7. The van der Waals surface area contributed by atoms with E-state index in [4.69, 9.17) is 12.2 Å². The first kappa shape index (κ1) is 25.1. The van der Waals surface area contributed by atoms with Crippen LogP contribution >= 0.6 is 12.2 Å². The molecule has 0 heterocycles. The highest BCUT2D eigenvalue weighted by Crippen LogP contribution is 2.23. The average molecular weight is 508 g/mol. The van der Waals surface area contributed by atoms with Crippen molar-refractivity contribution in [1.82, 2.24) is 10.0 Å². The number of carbonyl (C=O) groups excluding carboxylic acids is 1. The fourth-order valence-electron chi connectivity index (χ4n) is 3.50. The zero-order chi connectivity index (χ0) is 24.9. The highest BCUT2D eigenvalue weighted by atomic mass is 32.2. The molecule has 0 bridgehead atoms. The summed E-state index contributed by atoms with van der Waals surface area (Å²) in [4.78, 5) is 32.8. The fourth-order valence-corrected chi connectivity index (χ4v) is 5.02. The molecule has 2 aromatic rings. The maximum atomic E-state index is 12.6. The lowest BCUT2D eigenvalue weighted by atomic mass is 9.96. The molecule has 1 aliphatic rings. The number of amides is 1. The SMILES string of the molecule is O=C(NC(=S)Nc1ccc(S(=O)(=O)NC2CCCCC2)cc1)c1cc([N+](=O)[O-])cc([N+](=O)[O-])c1. The molecule has 14 heteroatoms. The number of benzene rings is 2. The summed E-state index contributed by atoms with van der Waals surface area (Å²) in [6.45, 7) is 0. The molecular weight excluding hydrogens is 486 g/mol. The van der Waals surface area contributed by atoms with Crippen LogP contribution in [0.1, 0.15) is 42.5 Å². The maximum Gasteiger partial charge on any atom is 0.277 e. The highest BCUT2D eigenvalue weighted by Gasteiger charge is 2.22. The number of non-ortho nitro benzene ring substituents is 2. The molecule has 0 unspecified atom stereocenters. The number of hydrogen-bond acceptors (Lipinski definition) is 8. The first-order valence-electron chi connectivity index (χ1n) is 10.2. The molecule has 1 amide bonds. The number of nitrogens with zero attached hydrogens (tertiary/aromatic N) is 2. The topological polar surface area (TPSA) is 174 Å². The van der Waals surface area contributed by atoms with Crippen LogP contribution in [0.25, 0.3) is 0 Å². The smallest absolute Gasteiger partial charge is 0.277 e. The van der Waals surface area contributed by atoms with Crippen molar-refractivity contribution in [2.24, 2.45) is 0 Å². The fraction of sp³-hybridized carbons (Fsp3) is 0.300. The number of nitrogens with one attached hydrogen (secondary N) is 3. The van der Waals surface area contributed by atoms with Gasteiger partial charge in [0.25, 0.3) is 17.3 Å². The first-order chi connectivity index (χ1) is 16.0. The third-order valence-corrected chi connectivity index (χ3v) is 6.90. The zero-order valence-electron chi connectivity index (χ0n) is 17.7. The van der Waals surface area contributed by atoms with E-state index >= 15 is 0 Å². The molecule has 2 aromatic carbocycles. The van der Waals surface area contributed by atoms with Crippen molar-refractivity contribution < 1.29 is 23.1 Å². The Morgan fingerprint density at radius 3 is 2.03 bits per heavy atom. The van der Waals surface area contributed by atoms with E-state index in [-0.39, 0.29) is 21.6 Å². The summed E-state index contributed by atoms with van der Waals surface area (Å²) < 4.78 is 27.9. The summed E-state index contributed by atoms with van der Waals surface area (Å²) in [5.74, 6) is -0.889. The van der Waals surface area contributed by atoms with Crippen LogP contribution in [-0.2, 0) is 10.0 Å². The van der Waals surface area contributed by atoms with Gasteiger partial charge in [-0.15, -0.1) is 0 Å². The molecular formula is C20H21N5O7S2. The molecule has 3 rings (SSSR count). The average Bonchev–Trinajstić information content (AvgIpc) is 2.79. The monoisotopic (exact) mass is 507 g/mol. The van der Waals surface area contributed by atoms with Gasteiger partial charge in [0.2, 0.25) is 10.0 Å². The number of nitro benzene ring substituents is 2. The van der Waals surface area contributed by atoms with Crippen molar-refractivity contribution in [3.8, 4) is 0 Å². The molecule has 1 aliphatic carbocycles. The molecule has 3 N–H and O–H groups in total. The standard InChI is InChI=1S/C20H21N5O7S2/c26-19(13-10-16(24(27)28)12-17(11-13)25(29)30)22-20(33)21-14-6-8-18(9-7-14)34(31,32)23-15-4-2-1-3-5-15/h6-12,15,23H,1-5H2,(H2,21,22,26,33). The number of nitro groups is 2. The van der Waals surface area contributed by atoms with Gasteiger partial charge in [-0.2, -0.15) is 0 Å². The van der Waals surface area contributed by atoms with Crippen molar-refractivity contribution in [2.75, 3.05) is 5.32 Å². The second kappa shape index (κ2) is 10.6. The lowest BCUT2D eigenvalue weighted by Gasteiger charge is -2.22. The van der Waals surface area contributed by atoms with Crippen LogP contribution in [0.2, 0.25) is 0 Å². The Morgan fingerprint density at radius 2 is 1.50 bits per heavy atom. The summed E-state index contributed by atoms with van der Waals surface area (Å²) in [6, 6.07) is 8.16. The molecule has 0 saturated heterocycles. The Labute approximate surface area is 200 Å². The predicted octanol–water partition coefficient (Wildman–Crippen LogP) is 3.24. The maximum absolute atomic E-state index is 12.6. The molecule has 0 radical (unpaired) electrons. The highest BCUT2D eigenvalue weighted by molar-refractivity contribution is 7.89. The van der Waals surface area contributed by atoms with Gasteiger partial charge in [0.15, 0.2) is 5.11 Å². The van der Waals surface area contributed by atoms with Gasteiger partial charge in [-0.25, -0.2) is 13.1 Å².